The Morgan fingerprint density at radius 2 is 1.96 bits per heavy atom. The quantitative estimate of drug-likeness (QED) is 0.700. The minimum atomic E-state index is 0.0109. The summed E-state index contributed by atoms with van der Waals surface area (Å²) in [7, 11) is 0. The molecule has 0 atom stereocenters. The van der Waals surface area contributed by atoms with Gasteiger partial charge in [0, 0.05) is 41.9 Å². The Kier molecular flexibility index (Phi) is 4.18. The number of amides is 1. The summed E-state index contributed by atoms with van der Waals surface area (Å²) in [5.41, 5.74) is 5.48. The topological polar surface area (TPSA) is 48.1 Å². The molecule has 0 spiro atoms. The molecule has 0 aliphatic carbocycles. The van der Waals surface area contributed by atoms with Gasteiger partial charge < -0.3 is 15.2 Å². The van der Waals surface area contributed by atoms with Crippen LogP contribution in [-0.4, -0.2) is 30.5 Å². The molecule has 128 valence electrons. The lowest BCUT2D eigenvalue weighted by atomic mass is 10.1. The number of hydrogen-bond donors (Lipinski definition) is 2. The zero-order valence-corrected chi connectivity index (χ0v) is 14.5. The van der Waals surface area contributed by atoms with Gasteiger partial charge in [-0.25, -0.2) is 0 Å². The number of rotatable bonds is 5. The minimum Gasteiger partial charge on any atom is -0.371 e. The second-order valence-electron chi connectivity index (χ2n) is 6.65. The first kappa shape index (κ1) is 15.8. The highest BCUT2D eigenvalue weighted by molar-refractivity contribution is 6.08. The first-order valence-electron chi connectivity index (χ1n) is 8.92. The van der Waals surface area contributed by atoms with E-state index in [9.17, 15) is 4.79 Å². The van der Waals surface area contributed by atoms with E-state index in [-0.39, 0.29) is 5.91 Å². The van der Waals surface area contributed by atoms with Gasteiger partial charge in [-0.2, -0.15) is 0 Å². The first-order chi connectivity index (χ1) is 12.2. The molecular formula is C21H23N3O. The van der Waals surface area contributed by atoms with Crippen molar-refractivity contribution < 1.29 is 4.79 Å². The number of aromatic amines is 1. The molecule has 2 aromatic carbocycles. The Morgan fingerprint density at radius 1 is 1.16 bits per heavy atom. The maximum atomic E-state index is 12.6. The first-order valence-corrected chi connectivity index (χ1v) is 8.92. The Hall–Kier alpha value is -2.75. The molecule has 1 aliphatic rings. The number of aromatic nitrogens is 1. The number of carbonyl (C=O) groups is 1. The van der Waals surface area contributed by atoms with E-state index in [4.69, 9.17) is 0 Å². The number of nitrogens with one attached hydrogen (secondary N) is 2. The van der Waals surface area contributed by atoms with E-state index in [2.05, 4.69) is 39.5 Å². The Labute approximate surface area is 147 Å². The molecule has 1 aromatic heterocycles. The normalized spacial score (nSPS) is 13.2. The van der Waals surface area contributed by atoms with Gasteiger partial charge in [0.1, 0.15) is 0 Å². The van der Waals surface area contributed by atoms with E-state index in [0.29, 0.717) is 6.54 Å². The fourth-order valence-electron chi connectivity index (χ4n) is 3.77. The maximum absolute atomic E-state index is 12.6. The predicted octanol–water partition coefficient (Wildman–Crippen LogP) is 3.66. The van der Waals surface area contributed by atoms with Crippen LogP contribution in [-0.2, 0) is 6.42 Å². The van der Waals surface area contributed by atoms with Gasteiger partial charge in [-0.05, 0) is 37.5 Å². The Bertz CT molecular complexity index is 912. The van der Waals surface area contributed by atoms with Crippen LogP contribution < -0.4 is 10.2 Å². The summed E-state index contributed by atoms with van der Waals surface area (Å²) in [6.45, 7) is 4.70. The highest BCUT2D eigenvalue weighted by atomic mass is 16.1. The van der Waals surface area contributed by atoms with E-state index < -0.39 is 0 Å². The standard InChI is InChI=1S/C21H23N3O/c1-15-20(17-8-3-4-9-18(17)23-15)21(25)22-12-6-13-24-14-11-16-7-2-5-10-19(16)24/h2-5,7-10,23H,6,11-14H2,1H3,(H,22,25). The molecule has 1 amide bonds. The average molecular weight is 333 g/mol. The largest absolute Gasteiger partial charge is 0.371 e. The average Bonchev–Trinajstić information content (AvgIpc) is 3.18. The number of hydrogen-bond acceptors (Lipinski definition) is 2. The molecule has 1 aliphatic heterocycles. The van der Waals surface area contributed by atoms with Gasteiger partial charge in [-0.3, -0.25) is 4.79 Å². The summed E-state index contributed by atoms with van der Waals surface area (Å²) in [6, 6.07) is 16.5. The molecule has 0 unspecified atom stereocenters. The molecule has 4 nitrogen and oxygen atoms in total. The van der Waals surface area contributed by atoms with Crippen molar-refractivity contribution in [3.63, 3.8) is 0 Å². The van der Waals surface area contributed by atoms with Gasteiger partial charge in [-0.15, -0.1) is 0 Å². The van der Waals surface area contributed by atoms with Crippen LogP contribution in [0, 0.1) is 6.92 Å². The van der Waals surface area contributed by atoms with Gasteiger partial charge in [0.2, 0.25) is 0 Å². The minimum absolute atomic E-state index is 0.0109. The summed E-state index contributed by atoms with van der Waals surface area (Å²) >= 11 is 0. The monoisotopic (exact) mass is 333 g/mol. The van der Waals surface area contributed by atoms with Crippen LogP contribution in [0.25, 0.3) is 10.9 Å². The summed E-state index contributed by atoms with van der Waals surface area (Å²) in [6.07, 6.45) is 2.07. The van der Waals surface area contributed by atoms with Gasteiger partial charge in [-0.1, -0.05) is 36.4 Å². The number of H-pyrrole nitrogens is 1. The fraction of sp³-hybridized carbons (Fsp3) is 0.286. The van der Waals surface area contributed by atoms with Crippen LogP contribution in [0.15, 0.2) is 48.5 Å². The fourth-order valence-corrected chi connectivity index (χ4v) is 3.77. The number of fused-ring (bicyclic) bond motifs is 2. The summed E-state index contributed by atoms with van der Waals surface area (Å²) < 4.78 is 0. The molecule has 2 heterocycles. The van der Waals surface area contributed by atoms with Crippen LogP contribution in [0.4, 0.5) is 5.69 Å². The van der Waals surface area contributed by atoms with E-state index in [1.807, 2.05) is 31.2 Å². The second-order valence-corrected chi connectivity index (χ2v) is 6.65. The zero-order valence-electron chi connectivity index (χ0n) is 14.5. The smallest absolute Gasteiger partial charge is 0.253 e. The van der Waals surface area contributed by atoms with Crippen LogP contribution >= 0.6 is 0 Å². The molecule has 2 N–H and O–H groups in total. The molecule has 0 fully saturated rings. The molecule has 4 heteroatoms. The van der Waals surface area contributed by atoms with Crippen molar-refractivity contribution in [2.24, 2.45) is 0 Å². The Balaban J connectivity index is 1.35. The molecule has 0 bridgehead atoms. The van der Waals surface area contributed by atoms with Gasteiger partial charge in [0.25, 0.3) is 5.91 Å². The predicted molar refractivity (Wildman–Crippen MR) is 102 cm³/mol. The lowest BCUT2D eigenvalue weighted by Crippen LogP contribution is -2.29. The number of benzene rings is 2. The van der Waals surface area contributed by atoms with Crippen molar-refractivity contribution in [3.05, 3.63) is 65.4 Å². The SMILES string of the molecule is Cc1[nH]c2ccccc2c1C(=O)NCCCN1CCc2ccccc21. The van der Waals surface area contributed by atoms with Crippen molar-refractivity contribution in [1.82, 2.24) is 10.3 Å². The van der Waals surface area contributed by atoms with Gasteiger partial charge >= 0.3 is 0 Å². The molecule has 25 heavy (non-hydrogen) atoms. The number of aryl methyl sites for hydroxylation is 1. The van der Waals surface area contributed by atoms with E-state index >= 15 is 0 Å². The number of para-hydroxylation sites is 2. The summed E-state index contributed by atoms with van der Waals surface area (Å²) in [5.74, 6) is 0.0109. The van der Waals surface area contributed by atoms with Crippen molar-refractivity contribution in [2.45, 2.75) is 19.8 Å². The highest BCUT2D eigenvalue weighted by Gasteiger charge is 2.18. The highest BCUT2D eigenvalue weighted by Crippen LogP contribution is 2.27. The molecule has 3 aromatic rings. The summed E-state index contributed by atoms with van der Waals surface area (Å²) in [5, 5.41) is 4.07. The molecule has 4 rings (SSSR count). The van der Waals surface area contributed by atoms with Crippen molar-refractivity contribution in [3.8, 4) is 0 Å². The second kappa shape index (κ2) is 6.63. The lowest BCUT2D eigenvalue weighted by Gasteiger charge is -2.19. The lowest BCUT2D eigenvalue weighted by molar-refractivity contribution is 0.0954. The molecular weight excluding hydrogens is 310 g/mol. The summed E-state index contributed by atoms with van der Waals surface area (Å²) in [4.78, 5) is 18.3. The van der Waals surface area contributed by atoms with Crippen LogP contribution in [0.2, 0.25) is 0 Å². The molecule has 0 saturated carbocycles. The maximum Gasteiger partial charge on any atom is 0.253 e. The van der Waals surface area contributed by atoms with Gasteiger partial charge in [0.15, 0.2) is 0 Å². The van der Waals surface area contributed by atoms with E-state index in [1.165, 1.54) is 11.3 Å². The third kappa shape index (κ3) is 3.00. The molecule has 0 radical (unpaired) electrons. The van der Waals surface area contributed by atoms with E-state index in [1.54, 1.807) is 0 Å². The third-order valence-corrected chi connectivity index (χ3v) is 4.99. The van der Waals surface area contributed by atoms with E-state index in [0.717, 1.165) is 48.1 Å². The van der Waals surface area contributed by atoms with Crippen molar-refractivity contribution >= 4 is 22.5 Å². The number of nitrogens with zero attached hydrogens (tertiary/aromatic N) is 1. The number of anilines is 1. The van der Waals surface area contributed by atoms with Gasteiger partial charge in [0.05, 0.1) is 5.56 Å². The number of carbonyl (C=O) groups excluding carboxylic acids is 1. The van der Waals surface area contributed by atoms with Crippen molar-refractivity contribution in [1.29, 1.82) is 0 Å². The zero-order chi connectivity index (χ0) is 17.2. The third-order valence-electron chi connectivity index (χ3n) is 4.99. The van der Waals surface area contributed by atoms with Crippen LogP contribution in [0.5, 0.6) is 0 Å². The van der Waals surface area contributed by atoms with Crippen LogP contribution in [0.3, 0.4) is 0 Å². The van der Waals surface area contributed by atoms with Crippen molar-refractivity contribution in [2.75, 3.05) is 24.5 Å². The Morgan fingerprint density at radius 3 is 2.88 bits per heavy atom. The van der Waals surface area contributed by atoms with Crippen LogP contribution in [0.1, 0.15) is 28.0 Å². The molecule has 0 saturated heterocycles.